The zero-order valence-corrected chi connectivity index (χ0v) is 13.5. The molecule has 0 bridgehead atoms. The van der Waals surface area contributed by atoms with Crippen molar-refractivity contribution in [1.82, 2.24) is 9.62 Å². The highest BCUT2D eigenvalue weighted by Crippen LogP contribution is 2.20. The van der Waals surface area contributed by atoms with Crippen LogP contribution in [0.1, 0.15) is 6.42 Å². The summed E-state index contributed by atoms with van der Waals surface area (Å²) in [5, 5.41) is 3.14. The number of ether oxygens (including phenoxy) is 1. The normalized spacial score (nSPS) is 16.9. The van der Waals surface area contributed by atoms with E-state index < -0.39 is 23.1 Å². The van der Waals surface area contributed by atoms with Crippen molar-refractivity contribution in [1.29, 1.82) is 0 Å². The van der Waals surface area contributed by atoms with Crippen LogP contribution >= 0.6 is 12.4 Å². The fraction of sp³-hybridized carbons (Fsp3) is 0.538. The number of halogens is 3. The van der Waals surface area contributed by atoms with Crippen LogP contribution in [0.2, 0.25) is 0 Å². The van der Waals surface area contributed by atoms with Crippen LogP contribution in [0.4, 0.5) is 8.78 Å². The van der Waals surface area contributed by atoms with Crippen LogP contribution in [0, 0.1) is 0 Å². The average Bonchev–Trinajstić information content (AvgIpc) is 2.75. The molecule has 0 radical (unpaired) electrons. The topological polar surface area (TPSA) is 58.6 Å². The Morgan fingerprint density at radius 3 is 2.50 bits per heavy atom. The molecule has 2 rings (SSSR count). The van der Waals surface area contributed by atoms with Crippen LogP contribution in [0.15, 0.2) is 29.2 Å². The van der Waals surface area contributed by atoms with Crippen molar-refractivity contribution in [3.8, 4) is 5.75 Å². The van der Waals surface area contributed by atoms with Gasteiger partial charge in [0.1, 0.15) is 12.4 Å². The summed E-state index contributed by atoms with van der Waals surface area (Å²) >= 11 is 0. The second-order valence-corrected chi connectivity index (χ2v) is 6.62. The van der Waals surface area contributed by atoms with Crippen molar-refractivity contribution in [3.05, 3.63) is 24.3 Å². The van der Waals surface area contributed by atoms with E-state index >= 15 is 0 Å². The number of hydrogen-bond acceptors (Lipinski definition) is 4. The molecule has 126 valence electrons. The fourth-order valence-electron chi connectivity index (χ4n) is 2.08. The smallest absolute Gasteiger partial charge is 0.272 e. The van der Waals surface area contributed by atoms with Gasteiger partial charge in [-0.05, 0) is 37.2 Å². The van der Waals surface area contributed by atoms with Crippen molar-refractivity contribution in [3.63, 3.8) is 0 Å². The van der Waals surface area contributed by atoms with Gasteiger partial charge in [0.15, 0.2) is 0 Å². The third-order valence-corrected chi connectivity index (χ3v) is 5.05. The van der Waals surface area contributed by atoms with E-state index in [2.05, 4.69) is 5.32 Å². The fourth-order valence-corrected chi connectivity index (χ4v) is 3.56. The van der Waals surface area contributed by atoms with Gasteiger partial charge in [-0.25, -0.2) is 17.2 Å². The number of nitrogens with zero attached hydrogens (tertiary/aromatic N) is 1. The lowest BCUT2D eigenvalue weighted by atomic mass is 10.3. The number of hydrogen-bond donors (Lipinski definition) is 1. The zero-order valence-electron chi connectivity index (χ0n) is 11.9. The maximum Gasteiger partial charge on any atom is 0.272 e. The van der Waals surface area contributed by atoms with Gasteiger partial charge in [-0.2, -0.15) is 4.31 Å². The van der Waals surface area contributed by atoms with Crippen molar-refractivity contribution in [2.24, 2.45) is 0 Å². The molecule has 0 spiro atoms. The lowest BCUT2D eigenvalue weighted by Gasteiger charge is -2.19. The molecule has 22 heavy (non-hydrogen) atoms. The van der Waals surface area contributed by atoms with Gasteiger partial charge in [-0.1, -0.05) is 0 Å². The quantitative estimate of drug-likeness (QED) is 0.873. The Bertz CT molecular complexity index is 547. The number of rotatable bonds is 5. The number of sulfonamides is 1. The monoisotopic (exact) mass is 356 g/mol. The minimum absolute atomic E-state index is 0. The molecule has 1 aromatic rings. The molecule has 1 aliphatic heterocycles. The highest BCUT2D eigenvalue weighted by atomic mass is 35.5. The van der Waals surface area contributed by atoms with Gasteiger partial charge >= 0.3 is 0 Å². The first-order valence-corrected chi connectivity index (χ1v) is 8.16. The molecule has 5 nitrogen and oxygen atoms in total. The summed E-state index contributed by atoms with van der Waals surface area (Å²) < 4.78 is 55.2. The van der Waals surface area contributed by atoms with Gasteiger partial charge in [0.2, 0.25) is 10.0 Å². The number of alkyl halides is 2. The highest BCUT2D eigenvalue weighted by Gasteiger charge is 2.24. The summed E-state index contributed by atoms with van der Waals surface area (Å²) in [5.74, 6) is 0.229. The van der Waals surface area contributed by atoms with E-state index in [4.69, 9.17) is 4.74 Å². The molecule has 0 atom stereocenters. The number of benzene rings is 1. The minimum atomic E-state index is -3.54. The van der Waals surface area contributed by atoms with E-state index in [-0.39, 0.29) is 23.1 Å². The average molecular weight is 357 g/mol. The lowest BCUT2D eigenvalue weighted by Crippen LogP contribution is -2.34. The van der Waals surface area contributed by atoms with Crippen LogP contribution in [-0.2, 0) is 10.0 Å². The summed E-state index contributed by atoms with van der Waals surface area (Å²) in [6.45, 7) is 1.61. The summed E-state index contributed by atoms with van der Waals surface area (Å²) in [6.07, 6.45) is -1.80. The molecule has 0 amide bonds. The summed E-state index contributed by atoms with van der Waals surface area (Å²) in [7, 11) is -3.54. The maximum atomic E-state index is 12.5. The molecule has 1 fully saturated rings. The van der Waals surface area contributed by atoms with Crippen LogP contribution in [0.25, 0.3) is 0 Å². The molecule has 0 aliphatic carbocycles. The highest BCUT2D eigenvalue weighted by molar-refractivity contribution is 7.89. The lowest BCUT2D eigenvalue weighted by molar-refractivity contribution is 0.0819. The van der Waals surface area contributed by atoms with Gasteiger partial charge in [-0.15, -0.1) is 12.4 Å². The van der Waals surface area contributed by atoms with E-state index in [0.717, 1.165) is 13.0 Å². The van der Waals surface area contributed by atoms with Gasteiger partial charge in [0.25, 0.3) is 6.43 Å². The van der Waals surface area contributed by atoms with E-state index in [0.29, 0.717) is 19.6 Å². The molecular weight excluding hydrogens is 338 g/mol. The van der Waals surface area contributed by atoms with E-state index in [1.165, 1.54) is 28.6 Å². The molecule has 0 aromatic heterocycles. The minimum Gasteiger partial charge on any atom is -0.488 e. The Balaban J connectivity index is 0.00000242. The summed E-state index contributed by atoms with van der Waals surface area (Å²) in [6, 6.07) is 5.56. The summed E-state index contributed by atoms with van der Waals surface area (Å²) in [4.78, 5) is 0.147. The first-order chi connectivity index (χ1) is 10.00. The SMILES string of the molecule is Cl.O=S(=O)(c1ccc(OCC(F)F)cc1)N1CCCNCC1. The van der Waals surface area contributed by atoms with Crippen molar-refractivity contribution < 1.29 is 21.9 Å². The van der Waals surface area contributed by atoms with Crippen LogP contribution in [-0.4, -0.2) is 51.9 Å². The molecule has 1 heterocycles. The second-order valence-electron chi connectivity index (χ2n) is 4.68. The predicted octanol–water partition coefficient (Wildman–Crippen LogP) is 1.74. The molecule has 1 N–H and O–H groups in total. The molecule has 1 saturated heterocycles. The first-order valence-electron chi connectivity index (χ1n) is 6.72. The van der Waals surface area contributed by atoms with E-state index in [9.17, 15) is 17.2 Å². The maximum absolute atomic E-state index is 12.5. The molecule has 1 aliphatic rings. The van der Waals surface area contributed by atoms with Gasteiger partial charge < -0.3 is 10.1 Å². The van der Waals surface area contributed by atoms with E-state index in [1.54, 1.807) is 0 Å². The molecule has 0 saturated carbocycles. The molecular formula is C13H19ClF2N2O3S. The van der Waals surface area contributed by atoms with Crippen molar-refractivity contribution in [2.45, 2.75) is 17.7 Å². The Morgan fingerprint density at radius 2 is 1.86 bits per heavy atom. The Labute approximate surface area is 135 Å². The Hall–Kier alpha value is -0.960. The van der Waals surface area contributed by atoms with Gasteiger partial charge in [0, 0.05) is 19.6 Å². The van der Waals surface area contributed by atoms with Crippen molar-refractivity contribution in [2.75, 3.05) is 32.8 Å². The third kappa shape index (κ3) is 5.05. The first kappa shape index (κ1) is 19.1. The third-order valence-electron chi connectivity index (χ3n) is 3.14. The number of nitrogens with one attached hydrogen (secondary N) is 1. The largest absolute Gasteiger partial charge is 0.488 e. The molecule has 1 aromatic carbocycles. The van der Waals surface area contributed by atoms with Crippen LogP contribution in [0.3, 0.4) is 0 Å². The Morgan fingerprint density at radius 1 is 1.18 bits per heavy atom. The van der Waals surface area contributed by atoms with Crippen molar-refractivity contribution >= 4 is 22.4 Å². The van der Waals surface area contributed by atoms with Gasteiger partial charge in [0.05, 0.1) is 4.90 Å². The summed E-state index contributed by atoms with van der Waals surface area (Å²) in [5.41, 5.74) is 0. The molecule has 0 unspecified atom stereocenters. The second kappa shape index (κ2) is 8.61. The van der Waals surface area contributed by atoms with Crippen LogP contribution < -0.4 is 10.1 Å². The van der Waals surface area contributed by atoms with Gasteiger partial charge in [-0.3, -0.25) is 0 Å². The standard InChI is InChI=1S/C13H18F2N2O3S.ClH/c14-13(15)10-20-11-2-4-12(5-3-11)21(18,19)17-8-1-6-16-7-9-17;/h2-5,13,16H,1,6-10H2;1H. The zero-order chi connectivity index (χ0) is 15.3. The van der Waals surface area contributed by atoms with Crippen LogP contribution in [0.5, 0.6) is 5.75 Å². The van der Waals surface area contributed by atoms with E-state index in [1.807, 2.05) is 0 Å². The Kier molecular flexibility index (Phi) is 7.47. The molecule has 9 heteroatoms. The predicted molar refractivity (Wildman–Crippen MR) is 81.4 cm³/mol.